The first-order valence-corrected chi connectivity index (χ1v) is 8.15. The second kappa shape index (κ2) is 6.62. The second-order valence-corrected chi connectivity index (χ2v) is 7.19. The number of aliphatic hydroxyl groups excluding tert-OH is 1. The van der Waals surface area contributed by atoms with Gasteiger partial charge in [-0.3, -0.25) is 0 Å². The number of hydrogen-bond donors (Lipinski definition) is 1. The van der Waals surface area contributed by atoms with Gasteiger partial charge in [0.15, 0.2) is 0 Å². The zero-order valence-electron chi connectivity index (χ0n) is 13.5. The van der Waals surface area contributed by atoms with E-state index < -0.39 is 11.5 Å². The highest BCUT2D eigenvalue weighted by Gasteiger charge is 2.41. The molecular formula is C19H27NO. The highest BCUT2D eigenvalue weighted by molar-refractivity contribution is 5.27. The van der Waals surface area contributed by atoms with Crippen LogP contribution >= 0.6 is 0 Å². The Kier molecular flexibility index (Phi) is 5.06. The maximum absolute atomic E-state index is 10.7. The van der Waals surface area contributed by atoms with E-state index in [1.165, 1.54) is 5.56 Å². The minimum Gasteiger partial charge on any atom is -0.387 e. The molecule has 0 bridgehead atoms. The Morgan fingerprint density at radius 2 is 1.81 bits per heavy atom. The van der Waals surface area contributed by atoms with Crippen molar-refractivity contribution in [2.45, 2.75) is 59.0 Å². The first-order valence-electron chi connectivity index (χ1n) is 8.15. The van der Waals surface area contributed by atoms with Gasteiger partial charge < -0.3 is 5.11 Å². The lowest BCUT2D eigenvalue weighted by Gasteiger charge is -2.37. The molecule has 0 saturated heterocycles. The molecule has 0 radical (unpaired) electrons. The number of nitriles is 1. The first kappa shape index (κ1) is 16.0. The highest BCUT2D eigenvalue weighted by atomic mass is 16.3. The molecule has 0 amide bonds. The standard InChI is InChI=1S/C19H27NO/c1-14(2)12-16-4-6-17(7-5-16)18(21)19(13-20)10-8-15(3)9-11-19/h4-7,14-15,18,21H,8-12H2,1-3H3. The van der Waals surface area contributed by atoms with Crippen molar-refractivity contribution < 1.29 is 5.11 Å². The van der Waals surface area contributed by atoms with Gasteiger partial charge in [-0.1, -0.05) is 45.0 Å². The van der Waals surface area contributed by atoms with Crippen LogP contribution in [0.15, 0.2) is 24.3 Å². The van der Waals surface area contributed by atoms with Crippen molar-refractivity contribution in [1.82, 2.24) is 0 Å². The number of hydrogen-bond acceptors (Lipinski definition) is 2. The largest absolute Gasteiger partial charge is 0.387 e. The van der Waals surface area contributed by atoms with Crippen molar-refractivity contribution in [3.63, 3.8) is 0 Å². The summed E-state index contributed by atoms with van der Waals surface area (Å²) in [7, 11) is 0. The molecule has 1 saturated carbocycles. The van der Waals surface area contributed by atoms with Gasteiger partial charge in [0.1, 0.15) is 0 Å². The number of rotatable bonds is 4. The molecule has 114 valence electrons. The van der Waals surface area contributed by atoms with E-state index in [9.17, 15) is 10.4 Å². The summed E-state index contributed by atoms with van der Waals surface area (Å²) in [6.45, 7) is 6.64. The second-order valence-electron chi connectivity index (χ2n) is 7.19. The van der Waals surface area contributed by atoms with E-state index in [2.05, 4.69) is 39.0 Å². The van der Waals surface area contributed by atoms with E-state index in [1.807, 2.05) is 12.1 Å². The SMILES string of the molecule is CC(C)Cc1ccc(C(O)C2(C#N)CCC(C)CC2)cc1. The van der Waals surface area contributed by atoms with Crippen LogP contribution in [0.2, 0.25) is 0 Å². The fourth-order valence-corrected chi connectivity index (χ4v) is 3.35. The van der Waals surface area contributed by atoms with E-state index in [4.69, 9.17) is 0 Å². The van der Waals surface area contributed by atoms with E-state index in [0.29, 0.717) is 11.8 Å². The maximum Gasteiger partial charge on any atom is 0.0976 e. The van der Waals surface area contributed by atoms with Crippen LogP contribution in [0.4, 0.5) is 0 Å². The molecule has 1 aromatic carbocycles. The van der Waals surface area contributed by atoms with Crippen LogP contribution in [-0.2, 0) is 6.42 Å². The molecule has 0 spiro atoms. The zero-order valence-corrected chi connectivity index (χ0v) is 13.5. The van der Waals surface area contributed by atoms with Crippen LogP contribution in [-0.4, -0.2) is 5.11 Å². The molecule has 1 fully saturated rings. The fourth-order valence-electron chi connectivity index (χ4n) is 3.35. The molecule has 1 atom stereocenters. The van der Waals surface area contributed by atoms with Gasteiger partial charge >= 0.3 is 0 Å². The van der Waals surface area contributed by atoms with Crippen LogP contribution in [0.5, 0.6) is 0 Å². The fraction of sp³-hybridized carbons (Fsp3) is 0.632. The zero-order chi connectivity index (χ0) is 15.5. The number of aliphatic hydroxyl groups is 1. The molecule has 2 rings (SSSR count). The lowest BCUT2D eigenvalue weighted by Crippen LogP contribution is -2.32. The minimum atomic E-state index is -0.664. The highest BCUT2D eigenvalue weighted by Crippen LogP contribution is 2.47. The molecule has 1 aliphatic carbocycles. The first-order chi connectivity index (χ1) is 9.97. The Balaban J connectivity index is 2.14. The average Bonchev–Trinajstić information content (AvgIpc) is 2.48. The molecule has 1 aromatic rings. The lowest BCUT2D eigenvalue weighted by atomic mass is 9.67. The maximum atomic E-state index is 10.7. The monoisotopic (exact) mass is 285 g/mol. The quantitative estimate of drug-likeness (QED) is 0.876. The van der Waals surface area contributed by atoms with Crippen molar-refractivity contribution in [2.24, 2.45) is 17.3 Å². The van der Waals surface area contributed by atoms with Gasteiger partial charge in [-0.15, -0.1) is 0 Å². The Bertz CT molecular complexity index is 489. The van der Waals surface area contributed by atoms with Crippen LogP contribution in [0.25, 0.3) is 0 Å². The Morgan fingerprint density at radius 3 is 2.29 bits per heavy atom. The predicted molar refractivity (Wildman–Crippen MR) is 85.6 cm³/mol. The normalized spacial score (nSPS) is 27.3. The van der Waals surface area contributed by atoms with Crippen LogP contribution in [0, 0.1) is 28.6 Å². The number of nitrogens with zero attached hydrogens (tertiary/aromatic N) is 1. The molecule has 0 aromatic heterocycles. The van der Waals surface area contributed by atoms with Gasteiger partial charge in [0.2, 0.25) is 0 Å². The van der Waals surface area contributed by atoms with Crippen molar-refractivity contribution >= 4 is 0 Å². The molecule has 0 heterocycles. The summed E-state index contributed by atoms with van der Waals surface area (Å²) < 4.78 is 0. The third kappa shape index (κ3) is 3.66. The van der Waals surface area contributed by atoms with E-state index in [-0.39, 0.29) is 0 Å². The number of benzene rings is 1. The summed E-state index contributed by atoms with van der Waals surface area (Å²) in [5, 5.41) is 20.4. The van der Waals surface area contributed by atoms with Gasteiger partial charge in [0.25, 0.3) is 0 Å². The topological polar surface area (TPSA) is 44.0 Å². The van der Waals surface area contributed by atoms with Crippen molar-refractivity contribution in [2.75, 3.05) is 0 Å². The third-order valence-electron chi connectivity index (χ3n) is 4.85. The molecule has 2 nitrogen and oxygen atoms in total. The van der Waals surface area contributed by atoms with Gasteiger partial charge in [-0.05, 0) is 55.1 Å². The molecule has 1 unspecified atom stereocenters. The molecule has 1 N–H and O–H groups in total. The lowest BCUT2D eigenvalue weighted by molar-refractivity contribution is 0.0266. The van der Waals surface area contributed by atoms with Crippen LogP contribution < -0.4 is 0 Å². The molecule has 2 heteroatoms. The van der Waals surface area contributed by atoms with Crippen molar-refractivity contribution in [1.29, 1.82) is 5.26 Å². The van der Waals surface area contributed by atoms with Gasteiger partial charge in [0.05, 0.1) is 17.6 Å². The predicted octanol–water partition coefficient (Wildman–Crippen LogP) is 4.64. The molecule has 21 heavy (non-hydrogen) atoms. The third-order valence-corrected chi connectivity index (χ3v) is 4.85. The average molecular weight is 285 g/mol. The Morgan fingerprint density at radius 1 is 1.24 bits per heavy atom. The Hall–Kier alpha value is -1.33. The van der Waals surface area contributed by atoms with Gasteiger partial charge in [0, 0.05) is 0 Å². The summed E-state index contributed by atoms with van der Waals surface area (Å²) in [5.41, 5.74) is 1.59. The van der Waals surface area contributed by atoms with Crippen molar-refractivity contribution in [3.05, 3.63) is 35.4 Å². The summed E-state index contributed by atoms with van der Waals surface area (Å²) >= 11 is 0. The summed E-state index contributed by atoms with van der Waals surface area (Å²) in [5.74, 6) is 1.30. The Labute approximate surface area is 128 Å². The minimum absolute atomic E-state index is 0.591. The van der Waals surface area contributed by atoms with Crippen LogP contribution in [0.3, 0.4) is 0 Å². The summed E-state index contributed by atoms with van der Waals surface area (Å²) in [6, 6.07) is 10.6. The smallest absolute Gasteiger partial charge is 0.0976 e. The molecule has 0 aliphatic heterocycles. The summed E-state index contributed by atoms with van der Waals surface area (Å²) in [6.07, 6.45) is 4.07. The molecule has 1 aliphatic rings. The van der Waals surface area contributed by atoms with Gasteiger partial charge in [-0.2, -0.15) is 5.26 Å². The van der Waals surface area contributed by atoms with Gasteiger partial charge in [-0.25, -0.2) is 0 Å². The molecular weight excluding hydrogens is 258 g/mol. The summed E-state index contributed by atoms with van der Waals surface area (Å²) in [4.78, 5) is 0. The van der Waals surface area contributed by atoms with E-state index in [1.54, 1.807) is 0 Å². The van der Waals surface area contributed by atoms with E-state index in [0.717, 1.165) is 37.7 Å². The van der Waals surface area contributed by atoms with Crippen LogP contribution in [0.1, 0.15) is 63.7 Å². The van der Waals surface area contributed by atoms with Crippen molar-refractivity contribution in [3.8, 4) is 6.07 Å². The van der Waals surface area contributed by atoms with E-state index >= 15 is 0 Å².